The molecule has 3 rings (SSSR count). The van der Waals surface area contributed by atoms with Crippen molar-refractivity contribution in [3.05, 3.63) is 53.3 Å². The highest BCUT2D eigenvalue weighted by Crippen LogP contribution is 2.18. The Bertz CT molecular complexity index is 778. The molecule has 2 aromatic rings. The molecule has 5 heteroatoms. The summed E-state index contributed by atoms with van der Waals surface area (Å²) in [5.74, 6) is 0.207. The Morgan fingerprint density at radius 3 is 1.81 bits per heavy atom. The summed E-state index contributed by atoms with van der Waals surface area (Å²) in [6, 6.07) is 11.9. The number of nitrogens with zero attached hydrogens (tertiary/aromatic N) is 3. The summed E-state index contributed by atoms with van der Waals surface area (Å²) < 4.78 is 2.17. The van der Waals surface area contributed by atoms with Crippen molar-refractivity contribution in [2.45, 2.75) is 27.7 Å². The predicted octanol–water partition coefficient (Wildman–Crippen LogP) is 3.03. The second kappa shape index (κ2) is 7.36. The topological polar surface area (TPSA) is 45.6 Å². The standard InChI is InChI=1S/C21H27N3O2/c1-15(2)20(25)22-11-13-23(14-12-22)21(26)18-7-9-19(10-8-18)24-16(3)5-6-17(24)4/h5-10,15H,11-14H2,1-4H3. The van der Waals surface area contributed by atoms with Crippen LogP contribution in [0.4, 0.5) is 0 Å². The first-order valence-electron chi connectivity index (χ1n) is 9.22. The molecule has 1 aliphatic heterocycles. The third-order valence-corrected chi connectivity index (χ3v) is 5.02. The first-order chi connectivity index (χ1) is 12.4. The van der Waals surface area contributed by atoms with E-state index in [0.29, 0.717) is 31.7 Å². The van der Waals surface area contributed by atoms with Gasteiger partial charge in [-0.25, -0.2) is 0 Å². The highest BCUT2D eigenvalue weighted by molar-refractivity contribution is 5.94. The van der Waals surface area contributed by atoms with E-state index in [0.717, 1.165) is 5.69 Å². The second-order valence-corrected chi connectivity index (χ2v) is 7.27. The molecule has 5 nitrogen and oxygen atoms in total. The predicted molar refractivity (Wildman–Crippen MR) is 103 cm³/mol. The van der Waals surface area contributed by atoms with E-state index < -0.39 is 0 Å². The monoisotopic (exact) mass is 353 g/mol. The van der Waals surface area contributed by atoms with Gasteiger partial charge in [0.15, 0.2) is 0 Å². The van der Waals surface area contributed by atoms with Gasteiger partial charge < -0.3 is 14.4 Å². The number of amides is 2. The van der Waals surface area contributed by atoms with Gasteiger partial charge >= 0.3 is 0 Å². The van der Waals surface area contributed by atoms with Crippen molar-refractivity contribution in [2.75, 3.05) is 26.2 Å². The normalized spacial score (nSPS) is 14.8. The molecule has 1 aliphatic rings. The quantitative estimate of drug-likeness (QED) is 0.851. The Morgan fingerprint density at radius 1 is 0.808 bits per heavy atom. The van der Waals surface area contributed by atoms with Crippen molar-refractivity contribution in [3.63, 3.8) is 0 Å². The Labute approximate surface area is 155 Å². The second-order valence-electron chi connectivity index (χ2n) is 7.27. The van der Waals surface area contributed by atoms with E-state index in [9.17, 15) is 9.59 Å². The van der Waals surface area contributed by atoms with Crippen LogP contribution in [0.2, 0.25) is 0 Å². The largest absolute Gasteiger partial charge is 0.339 e. The number of hydrogen-bond acceptors (Lipinski definition) is 2. The molecule has 1 saturated heterocycles. The number of benzene rings is 1. The summed E-state index contributed by atoms with van der Waals surface area (Å²) in [5, 5.41) is 0. The maximum Gasteiger partial charge on any atom is 0.253 e. The van der Waals surface area contributed by atoms with Crippen molar-refractivity contribution in [1.29, 1.82) is 0 Å². The van der Waals surface area contributed by atoms with Gasteiger partial charge in [0, 0.05) is 54.7 Å². The van der Waals surface area contributed by atoms with Crippen molar-refractivity contribution >= 4 is 11.8 Å². The molecule has 26 heavy (non-hydrogen) atoms. The smallest absolute Gasteiger partial charge is 0.253 e. The van der Waals surface area contributed by atoms with Gasteiger partial charge in [0.1, 0.15) is 0 Å². The van der Waals surface area contributed by atoms with Gasteiger partial charge in [-0.2, -0.15) is 0 Å². The first-order valence-corrected chi connectivity index (χ1v) is 9.22. The van der Waals surface area contributed by atoms with Crippen molar-refractivity contribution in [2.24, 2.45) is 5.92 Å². The molecular formula is C21H27N3O2. The summed E-state index contributed by atoms with van der Waals surface area (Å²) in [5.41, 5.74) is 4.11. The molecule has 0 radical (unpaired) electrons. The number of aryl methyl sites for hydroxylation is 2. The fraction of sp³-hybridized carbons (Fsp3) is 0.429. The lowest BCUT2D eigenvalue weighted by Crippen LogP contribution is -2.51. The van der Waals surface area contributed by atoms with E-state index in [4.69, 9.17) is 0 Å². The fourth-order valence-corrected chi connectivity index (χ4v) is 3.51. The third-order valence-electron chi connectivity index (χ3n) is 5.02. The molecule has 0 bridgehead atoms. The molecule has 0 unspecified atom stereocenters. The molecular weight excluding hydrogens is 326 g/mol. The zero-order valence-electron chi connectivity index (χ0n) is 16.0. The Hall–Kier alpha value is -2.56. The lowest BCUT2D eigenvalue weighted by Gasteiger charge is -2.35. The molecule has 0 saturated carbocycles. The zero-order valence-corrected chi connectivity index (χ0v) is 16.0. The van der Waals surface area contributed by atoms with Gasteiger partial charge in [-0.15, -0.1) is 0 Å². The summed E-state index contributed by atoms with van der Waals surface area (Å²) in [7, 11) is 0. The average molecular weight is 353 g/mol. The molecule has 2 amide bonds. The minimum Gasteiger partial charge on any atom is -0.339 e. The van der Waals surface area contributed by atoms with E-state index in [2.05, 4.69) is 30.5 Å². The highest BCUT2D eigenvalue weighted by Gasteiger charge is 2.25. The molecule has 0 N–H and O–H groups in total. The first kappa shape index (κ1) is 18.2. The molecule has 0 spiro atoms. The minimum absolute atomic E-state index is 0.00500. The van der Waals surface area contributed by atoms with Crippen molar-refractivity contribution in [1.82, 2.24) is 14.4 Å². The SMILES string of the molecule is Cc1ccc(C)n1-c1ccc(C(=O)N2CCN(C(=O)C(C)C)CC2)cc1. The van der Waals surface area contributed by atoms with Gasteiger partial charge in [-0.1, -0.05) is 13.8 Å². The maximum atomic E-state index is 12.8. The van der Waals surface area contributed by atoms with Crippen LogP contribution >= 0.6 is 0 Å². The highest BCUT2D eigenvalue weighted by atomic mass is 16.2. The van der Waals surface area contributed by atoms with Crippen LogP contribution in [-0.2, 0) is 4.79 Å². The van der Waals surface area contributed by atoms with Gasteiger partial charge in [-0.3, -0.25) is 9.59 Å². The van der Waals surface area contributed by atoms with E-state index in [-0.39, 0.29) is 17.7 Å². The lowest BCUT2D eigenvalue weighted by molar-refractivity contribution is -0.135. The molecule has 138 valence electrons. The zero-order chi connectivity index (χ0) is 18.8. The van der Waals surface area contributed by atoms with Crippen molar-refractivity contribution < 1.29 is 9.59 Å². The van der Waals surface area contributed by atoms with Crippen molar-refractivity contribution in [3.8, 4) is 5.69 Å². The third kappa shape index (κ3) is 3.52. The Balaban J connectivity index is 1.67. The lowest BCUT2D eigenvalue weighted by atomic mass is 10.1. The number of rotatable bonds is 3. The van der Waals surface area contributed by atoms with Crippen LogP contribution in [-0.4, -0.2) is 52.4 Å². The maximum absolute atomic E-state index is 12.8. The molecule has 2 heterocycles. The molecule has 0 aliphatic carbocycles. The molecule has 1 fully saturated rings. The number of aromatic nitrogens is 1. The Morgan fingerprint density at radius 2 is 1.31 bits per heavy atom. The van der Waals surface area contributed by atoms with E-state index in [1.54, 1.807) is 0 Å². The van der Waals surface area contributed by atoms with Crippen LogP contribution in [0.15, 0.2) is 36.4 Å². The van der Waals surface area contributed by atoms with E-state index in [1.807, 2.05) is 47.9 Å². The van der Waals surface area contributed by atoms with Crippen LogP contribution in [0.1, 0.15) is 35.6 Å². The summed E-state index contributed by atoms with van der Waals surface area (Å²) in [4.78, 5) is 28.5. The molecule has 1 aromatic heterocycles. The number of hydrogen-bond donors (Lipinski definition) is 0. The minimum atomic E-state index is 0.00500. The van der Waals surface area contributed by atoms with E-state index in [1.165, 1.54) is 11.4 Å². The molecule has 1 aromatic carbocycles. The van der Waals surface area contributed by atoms with E-state index >= 15 is 0 Å². The van der Waals surface area contributed by atoms with Gasteiger partial charge in [0.05, 0.1) is 0 Å². The van der Waals surface area contributed by atoms with Crippen LogP contribution < -0.4 is 0 Å². The Kier molecular flexibility index (Phi) is 5.16. The van der Waals surface area contributed by atoms with Crippen LogP contribution in [0.25, 0.3) is 5.69 Å². The molecule has 0 atom stereocenters. The van der Waals surface area contributed by atoms with Gasteiger partial charge in [0.2, 0.25) is 5.91 Å². The summed E-state index contributed by atoms with van der Waals surface area (Å²) >= 11 is 0. The van der Waals surface area contributed by atoms with Crippen LogP contribution in [0.5, 0.6) is 0 Å². The number of carbonyl (C=O) groups excluding carboxylic acids is 2. The van der Waals surface area contributed by atoms with Gasteiger partial charge in [0.25, 0.3) is 5.91 Å². The van der Waals surface area contributed by atoms with Gasteiger partial charge in [-0.05, 0) is 50.2 Å². The van der Waals surface area contributed by atoms with Crippen LogP contribution in [0, 0.1) is 19.8 Å². The van der Waals surface area contributed by atoms with Crippen LogP contribution in [0.3, 0.4) is 0 Å². The number of carbonyl (C=O) groups is 2. The average Bonchev–Trinajstić information content (AvgIpc) is 2.99. The number of piperazine rings is 1. The fourth-order valence-electron chi connectivity index (χ4n) is 3.51. The summed E-state index contributed by atoms with van der Waals surface area (Å²) in [6.45, 7) is 10.4. The summed E-state index contributed by atoms with van der Waals surface area (Å²) in [6.07, 6.45) is 0.